The van der Waals surface area contributed by atoms with Crippen molar-refractivity contribution in [1.29, 1.82) is 0 Å². The highest BCUT2D eigenvalue weighted by Gasteiger charge is 2.38. The third-order valence-electron chi connectivity index (χ3n) is 4.63. The van der Waals surface area contributed by atoms with Crippen LogP contribution in [0.1, 0.15) is 24.5 Å². The van der Waals surface area contributed by atoms with Crippen molar-refractivity contribution in [3.8, 4) is 11.5 Å². The first-order valence-corrected chi connectivity index (χ1v) is 10.4. The van der Waals surface area contributed by atoms with E-state index >= 15 is 0 Å². The number of hydrogen-bond donors (Lipinski definition) is 1. The van der Waals surface area contributed by atoms with Crippen LogP contribution in [-0.2, 0) is 15.8 Å². The van der Waals surface area contributed by atoms with Crippen molar-refractivity contribution >= 4 is 40.6 Å². The molecule has 1 aliphatic rings. The Morgan fingerprint density at radius 2 is 1.91 bits per heavy atom. The molecule has 3 rings (SSSR count). The summed E-state index contributed by atoms with van der Waals surface area (Å²) in [5, 5.41) is 8.43. The quantitative estimate of drug-likeness (QED) is 0.544. The molecule has 1 fully saturated rings. The number of carboxylic acids is 1. The van der Waals surface area contributed by atoms with Gasteiger partial charge in [-0.15, -0.1) is 0 Å². The van der Waals surface area contributed by atoms with Crippen LogP contribution in [0.15, 0.2) is 47.4 Å². The monoisotopic (exact) mass is 481 g/mol. The van der Waals surface area contributed by atoms with E-state index < -0.39 is 35.0 Å². The lowest BCUT2D eigenvalue weighted by Gasteiger charge is -2.16. The van der Waals surface area contributed by atoms with Gasteiger partial charge in [0.05, 0.1) is 23.3 Å². The number of halogens is 3. The zero-order chi connectivity index (χ0) is 24.3. The number of hydrogen-bond acceptors (Lipinski definition) is 6. The Hall–Kier alpha value is -3.47. The molecule has 174 valence electrons. The lowest BCUT2D eigenvalue weighted by atomic mass is 10.1. The zero-order valence-corrected chi connectivity index (χ0v) is 18.2. The summed E-state index contributed by atoms with van der Waals surface area (Å²) < 4.78 is 49.7. The van der Waals surface area contributed by atoms with Crippen LogP contribution in [0, 0.1) is 0 Å². The number of aliphatic carboxylic acids is 1. The number of carbonyl (C=O) groups excluding carboxylic acids is 2. The van der Waals surface area contributed by atoms with E-state index in [1.54, 1.807) is 6.92 Å². The van der Waals surface area contributed by atoms with Crippen LogP contribution in [0.2, 0.25) is 0 Å². The summed E-state index contributed by atoms with van der Waals surface area (Å²) in [4.78, 5) is 37.1. The molecule has 1 unspecified atom stereocenters. The highest BCUT2D eigenvalue weighted by atomic mass is 32.2. The van der Waals surface area contributed by atoms with E-state index in [2.05, 4.69) is 0 Å². The molecule has 1 aliphatic heterocycles. The summed E-state index contributed by atoms with van der Waals surface area (Å²) in [5.74, 6) is -1.51. The fourth-order valence-electron chi connectivity index (χ4n) is 3.00. The van der Waals surface area contributed by atoms with Gasteiger partial charge in [-0.25, -0.2) is 9.69 Å². The maximum Gasteiger partial charge on any atom is 0.416 e. The topological polar surface area (TPSA) is 93.1 Å². The summed E-state index contributed by atoms with van der Waals surface area (Å²) in [6.07, 6.45) is -4.08. The molecule has 0 spiro atoms. The molecule has 0 radical (unpaired) electrons. The molecule has 2 aromatic carbocycles. The van der Waals surface area contributed by atoms with Crippen molar-refractivity contribution < 1.29 is 42.1 Å². The van der Waals surface area contributed by atoms with Crippen LogP contribution in [0.3, 0.4) is 0 Å². The summed E-state index contributed by atoms with van der Waals surface area (Å²) in [6.45, 7) is 1.65. The second-order valence-corrected chi connectivity index (χ2v) is 7.82. The number of ether oxygens (including phenoxy) is 2. The Morgan fingerprint density at radius 3 is 2.52 bits per heavy atom. The van der Waals surface area contributed by atoms with Gasteiger partial charge in [-0.2, -0.15) is 13.2 Å². The first-order chi connectivity index (χ1) is 15.5. The molecular formula is C22H18F3NO6S. The van der Waals surface area contributed by atoms with Gasteiger partial charge in [-0.1, -0.05) is 19.1 Å². The minimum Gasteiger partial charge on any atom is -0.493 e. The Kier molecular flexibility index (Phi) is 7.01. The Morgan fingerprint density at radius 1 is 1.18 bits per heavy atom. The molecule has 1 atom stereocenters. The summed E-state index contributed by atoms with van der Waals surface area (Å²) in [7, 11) is 1.36. The number of anilines is 1. The highest BCUT2D eigenvalue weighted by molar-refractivity contribution is 8.19. The normalized spacial score (nSPS) is 16.3. The van der Waals surface area contributed by atoms with Gasteiger partial charge < -0.3 is 14.6 Å². The molecule has 0 aromatic heterocycles. The molecular weight excluding hydrogens is 463 g/mol. The zero-order valence-electron chi connectivity index (χ0n) is 17.4. The standard InChI is InChI=1S/C22H18F3NO6S/c1-3-15(20(28)29)32-16-8-7-12(9-17(16)31-2)10-18-19(27)26(21(30)33-18)14-6-4-5-13(11-14)22(23,24)25/h4-11,15H,3H2,1-2H3,(H,28,29)/b18-10+. The van der Waals surface area contributed by atoms with Gasteiger partial charge >= 0.3 is 12.1 Å². The molecule has 0 bridgehead atoms. The second-order valence-electron chi connectivity index (χ2n) is 6.83. The van der Waals surface area contributed by atoms with E-state index in [4.69, 9.17) is 14.6 Å². The van der Waals surface area contributed by atoms with Gasteiger partial charge in [-0.05, 0) is 60.2 Å². The number of imide groups is 1. The maximum absolute atomic E-state index is 13.0. The van der Waals surface area contributed by atoms with Crippen molar-refractivity contribution in [2.45, 2.75) is 25.6 Å². The first kappa shape index (κ1) is 24.2. The summed E-state index contributed by atoms with van der Waals surface area (Å²) in [5.41, 5.74) is -0.719. The number of carbonyl (C=O) groups is 3. The van der Waals surface area contributed by atoms with Gasteiger partial charge in [0.2, 0.25) is 0 Å². The molecule has 1 saturated heterocycles. The van der Waals surface area contributed by atoms with Gasteiger partial charge in [-0.3, -0.25) is 9.59 Å². The smallest absolute Gasteiger partial charge is 0.416 e. The average molecular weight is 481 g/mol. The Bertz CT molecular complexity index is 1130. The van der Waals surface area contributed by atoms with Gasteiger partial charge in [0.25, 0.3) is 11.1 Å². The minimum atomic E-state index is -4.62. The number of nitrogens with zero attached hydrogens (tertiary/aromatic N) is 1. The number of alkyl halides is 3. The van der Waals surface area contributed by atoms with Crippen molar-refractivity contribution in [1.82, 2.24) is 0 Å². The third kappa shape index (κ3) is 5.30. The molecule has 11 heteroatoms. The number of rotatable bonds is 7. The fraction of sp³-hybridized carbons (Fsp3) is 0.227. The van der Waals surface area contributed by atoms with E-state index in [0.717, 1.165) is 18.2 Å². The van der Waals surface area contributed by atoms with E-state index in [1.807, 2.05) is 0 Å². The fourth-order valence-corrected chi connectivity index (χ4v) is 3.84. The number of benzene rings is 2. The number of carboxylic acid groups (broad SMARTS) is 1. The van der Waals surface area contributed by atoms with Crippen molar-refractivity contribution in [2.24, 2.45) is 0 Å². The molecule has 2 aromatic rings. The van der Waals surface area contributed by atoms with Crippen molar-refractivity contribution in [2.75, 3.05) is 12.0 Å². The van der Waals surface area contributed by atoms with Crippen LogP contribution in [0.5, 0.6) is 11.5 Å². The van der Waals surface area contributed by atoms with Crippen LogP contribution in [0.4, 0.5) is 23.7 Å². The number of methoxy groups -OCH3 is 1. The predicted octanol–water partition coefficient (Wildman–Crippen LogP) is 5.20. The Labute approximate surface area is 190 Å². The number of thioether (sulfide) groups is 1. The minimum absolute atomic E-state index is 0.00473. The lowest BCUT2D eigenvalue weighted by molar-refractivity contribution is -0.145. The summed E-state index contributed by atoms with van der Waals surface area (Å²) >= 11 is 0.588. The first-order valence-electron chi connectivity index (χ1n) is 9.57. The van der Waals surface area contributed by atoms with Crippen LogP contribution >= 0.6 is 11.8 Å². The van der Waals surface area contributed by atoms with Crippen molar-refractivity contribution in [3.63, 3.8) is 0 Å². The van der Waals surface area contributed by atoms with Gasteiger partial charge in [0.15, 0.2) is 17.6 Å². The molecule has 2 amide bonds. The molecule has 0 aliphatic carbocycles. The van der Waals surface area contributed by atoms with Crippen molar-refractivity contribution in [3.05, 3.63) is 58.5 Å². The molecule has 33 heavy (non-hydrogen) atoms. The van der Waals surface area contributed by atoms with Gasteiger partial charge in [0.1, 0.15) is 0 Å². The van der Waals surface area contributed by atoms with E-state index in [1.165, 1.54) is 37.5 Å². The van der Waals surface area contributed by atoms with E-state index in [0.29, 0.717) is 22.2 Å². The maximum atomic E-state index is 13.0. The largest absolute Gasteiger partial charge is 0.493 e. The van der Waals surface area contributed by atoms with E-state index in [9.17, 15) is 27.6 Å². The molecule has 0 saturated carbocycles. The second kappa shape index (κ2) is 9.57. The predicted molar refractivity (Wildman–Crippen MR) is 115 cm³/mol. The average Bonchev–Trinajstić information content (AvgIpc) is 3.04. The van der Waals surface area contributed by atoms with E-state index in [-0.39, 0.29) is 28.5 Å². The lowest BCUT2D eigenvalue weighted by Crippen LogP contribution is -2.28. The van der Waals surface area contributed by atoms with Gasteiger partial charge in [0, 0.05) is 0 Å². The van der Waals surface area contributed by atoms with Crippen LogP contribution in [0.25, 0.3) is 6.08 Å². The Balaban J connectivity index is 1.88. The van der Waals surface area contributed by atoms with Crippen LogP contribution in [-0.4, -0.2) is 35.4 Å². The molecule has 1 heterocycles. The summed E-state index contributed by atoms with van der Waals surface area (Å²) in [6, 6.07) is 8.44. The number of amides is 2. The van der Waals surface area contributed by atoms with Crippen LogP contribution < -0.4 is 14.4 Å². The highest BCUT2D eigenvalue weighted by Crippen LogP contribution is 2.39. The third-order valence-corrected chi connectivity index (χ3v) is 5.50. The molecule has 1 N–H and O–H groups in total. The molecule has 7 nitrogen and oxygen atoms in total. The SMILES string of the molecule is CCC(Oc1ccc(/C=C2/SC(=O)N(c3cccc(C(F)(F)F)c3)C2=O)cc1OC)C(=O)O.